The first kappa shape index (κ1) is 10.8. The van der Waals surface area contributed by atoms with Crippen LogP contribution in [0.2, 0.25) is 0 Å². The van der Waals surface area contributed by atoms with Crippen LogP contribution in [0.5, 0.6) is 0 Å². The van der Waals surface area contributed by atoms with Gasteiger partial charge in [-0.1, -0.05) is 25.5 Å². The Morgan fingerprint density at radius 2 is 2.19 bits per heavy atom. The molecular weight excluding hydrogens is 196 g/mol. The van der Waals surface area contributed by atoms with E-state index < -0.39 is 0 Å². The van der Waals surface area contributed by atoms with Crippen molar-refractivity contribution in [3.63, 3.8) is 0 Å². The molecule has 3 rings (SSSR count). The van der Waals surface area contributed by atoms with Crippen molar-refractivity contribution < 1.29 is 4.74 Å². The Balaban J connectivity index is 1.86. The van der Waals surface area contributed by atoms with Crippen LogP contribution in [0.4, 0.5) is 0 Å². The van der Waals surface area contributed by atoms with Gasteiger partial charge in [0.25, 0.3) is 0 Å². The van der Waals surface area contributed by atoms with E-state index in [9.17, 15) is 0 Å². The van der Waals surface area contributed by atoms with Crippen molar-refractivity contribution in [1.29, 1.82) is 0 Å². The lowest BCUT2D eigenvalue weighted by Crippen LogP contribution is -2.34. The smallest absolute Gasteiger partial charge is 0.0954 e. The molecule has 1 saturated heterocycles. The summed E-state index contributed by atoms with van der Waals surface area (Å²) in [5.41, 5.74) is 1.93. The second-order valence-corrected chi connectivity index (χ2v) is 6.54. The molecule has 0 N–H and O–H groups in total. The van der Waals surface area contributed by atoms with Crippen molar-refractivity contribution in [1.82, 2.24) is 0 Å². The molecule has 0 amide bonds. The molecule has 1 spiro atoms. The van der Waals surface area contributed by atoms with E-state index in [4.69, 9.17) is 4.74 Å². The van der Waals surface area contributed by atoms with Gasteiger partial charge in [0.2, 0.25) is 0 Å². The Morgan fingerprint density at radius 1 is 1.38 bits per heavy atom. The highest BCUT2D eigenvalue weighted by Crippen LogP contribution is 2.55. The monoisotopic (exact) mass is 220 g/mol. The van der Waals surface area contributed by atoms with E-state index in [-0.39, 0.29) is 0 Å². The highest BCUT2D eigenvalue weighted by molar-refractivity contribution is 5.16. The van der Waals surface area contributed by atoms with E-state index in [1.165, 1.54) is 32.1 Å². The fraction of sp³-hybridized carbons (Fsp3) is 0.867. The molecule has 0 aromatic heterocycles. The SMILES string of the molecule is C/C1=C/C2C[C@]3(CC[C@H]2C(C)C)O[C@@H]3CC1. The highest BCUT2D eigenvalue weighted by atomic mass is 16.6. The van der Waals surface area contributed by atoms with E-state index in [0.29, 0.717) is 11.7 Å². The lowest BCUT2D eigenvalue weighted by Gasteiger charge is -2.37. The Morgan fingerprint density at radius 3 is 2.94 bits per heavy atom. The Kier molecular flexibility index (Phi) is 2.43. The largest absolute Gasteiger partial charge is 0.366 e. The van der Waals surface area contributed by atoms with Crippen molar-refractivity contribution in [2.75, 3.05) is 0 Å². The third-order valence-electron chi connectivity index (χ3n) is 5.09. The van der Waals surface area contributed by atoms with E-state index in [1.807, 2.05) is 0 Å². The lowest BCUT2D eigenvalue weighted by molar-refractivity contribution is 0.132. The Bertz CT molecular complexity index is 317. The van der Waals surface area contributed by atoms with Crippen molar-refractivity contribution in [2.45, 2.75) is 64.6 Å². The fourth-order valence-electron chi connectivity index (χ4n) is 4.07. The molecule has 3 aliphatic rings. The zero-order valence-electron chi connectivity index (χ0n) is 10.8. The summed E-state index contributed by atoms with van der Waals surface area (Å²) >= 11 is 0. The van der Waals surface area contributed by atoms with Gasteiger partial charge in [-0.15, -0.1) is 0 Å². The second-order valence-electron chi connectivity index (χ2n) is 6.54. The maximum Gasteiger partial charge on any atom is 0.0954 e. The number of hydrogen-bond acceptors (Lipinski definition) is 1. The minimum Gasteiger partial charge on any atom is -0.366 e. The summed E-state index contributed by atoms with van der Waals surface area (Å²) in [6, 6.07) is 0. The molecule has 2 aliphatic carbocycles. The van der Waals surface area contributed by atoms with Crippen LogP contribution in [0.25, 0.3) is 0 Å². The summed E-state index contributed by atoms with van der Waals surface area (Å²) in [7, 11) is 0. The average Bonchev–Trinajstić information content (AvgIpc) is 2.86. The zero-order valence-corrected chi connectivity index (χ0v) is 10.8. The molecule has 1 aliphatic heterocycles. The summed E-state index contributed by atoms with van der Waals surface area (Å²) in [6.07, 6.45) is 9.70. The highest BCUT2D eigenvalue weighted by Gasteiger charge is 2.59. The normalized spacial score (nSPS) is 50.0. The molecule has 16 heavy (non-hydrogen) atoms. The van der Waals surface area contributed by atoms with Gasteiger partial charge in [-0.3, -0.25) is 0 Å². The standard InChI is InChI=1S/C15H24O/c1-10(2)13-6-7-15-9-12(13)8-11(3)4-5-14(15)16-15/h8,10,12-14H,4-7,9H2,1-3H3/b11-8-/t12?,13-,14+,15-/m0/s1. The predicted octanol–water partition coefficient (Wildman–Crippen LogP) is 3.94. The summed E-state index contributed by atoms with van der Waals surface area (Å²) in [4.78, 5) is 0. The lowest BCUT2D eigenvalue weighted by atomic mass is 9.67. The molecule has 0 aromatic rings. The van der Waals surface area contributed by atoms with Gasteiger partial charge in [0.1, 0.15) is 0 Å². The number of rotatable bonds is 1. The van der Waals surface area contributed by atoms with Gasteiger partial charge in [-0.05, 0) is 56.8 Å². The van der Waals surface area contributed by atoms with Crippen LogP contribution >= 0.6 is 0 Å². The first-order valence-corrected chi connectivity index (χ1v) is 6.96. The molecule has 2 fully saturated rings. The summed E-state index contributed by atoms with van der Waals surface area (Å²) < 4.78 is 6.04. The van der Waals surface area contributed by atoms with E-state index in [0.717, 1.165) is 17.8 Å². The third kappa shape index (κ3) is 1.64. The van der Waals surface area contributed by atoms with Gasteiger partial charge in [-0.2, -0.15) is 0 Å². The first-order valence-electron chi connectivity index (χ1n) is 6.96. The molecule has 1 saturated carbocycles. The third-order valence-corrected chi connectivity index (χ3v) is 5.09. The van der Waals surface area contributed by atoms with Gasteiger partial charge >= 0.3 is 0 Å². The first-order chi connectivity index (χ1) is 7.61. The molecular formula is C15H24O. The number of fused-ring (bicyclic) bond motifs is 1. The van der Waals surface area contributed by atoms with Gasteiger partial charge in [0, 0.05) is 0 Å². The minimum absolute atomic E-state index is 0.327. The van der Waals surface area contributed by atoms with Crippen molar-refractivity contribution in [2.24, 2.45) is 17.8 Å². The van der Waals surface area contributed by atoms with Gasteiger partial charge < -0.3 is 4.74 Å². The van der Waals surface area contributed by atoms with Gasteiger partial charge in [0.15, 0.2) is 0 Å². The van der Waals surface area contributed by atoms with Crippen molar-refractivity contribution in [3.8, 4) is 0 Å². The molecule has 90 valence electrons. The zero-order chi connectivity index (χ0) is 11.3. The van der Waals surface area contributed by atoms with Crippen molar-refractivity contribution in [3.05, 3.63) is 11.6 Å². The maximum absolute atomic E-state index is 6.04. The fourth-order valence-corrected chi connectivity index (χ4v) is 4.07. The molecule has 1 unspecified atom stereocenters. The van der Waals surface area contributed by atoms with Crippen LogP contribution in [0.3, 0.4) is 0 Å². The Hall–Kier alpha value is -0.300. The minimum atomic E-state index is 0.327. The molecule has 0 radical (unpaired) electrons. The molecule has 0 aromatic carbocycles. The van der Waals surface area contributed by atoms with Crippen LogP contribution in [-0.4, -0.2) is 11.7 Å². The maximum atomic E-state index is 6.04. The molecule has 1 nitrogen and oxygen atoms in total. The van der Waals surface area contributed by atoms with Crippen LogP contribution in [0, 0.1) is 17.8 Å². The van der Waals surface area contributed by atoms with Crippen molar-refractivity contribution >= 4 is 0 Å². The topological polar surface area (TPSA) is 12.5 Å². The van der Waals surface area contributed by atoms with E-state index in [1.54, 1.807) is 5.57 Å². The predicted molar refractivity (Wildman–Crippen MR) is 66.3 cm³/mol. The summed E-state index contributed by atoms with van der Waals surface area (Å²) in [5.74, 6) is 2.51. The molecule has 2 bridgehead atoms. The summed E-state index contributed by atoms with van der Waals surface area (Å²) in [5, 5.41) is 0. The number of allylic oxidation sites excluding steroid dienone is 2. The van der Waals surface area contributed by atoms with E-state index in [2.05, 4.69) is 26.8 Å². The van der Waals surface area contributed by atoms with Crippen LogP contribution in [-0.2, 0) is 4.74 Å². The second kappa shape index (κ2) is 3.60. The number of ether oxygens (including phenoxy) is 1. The Labute approximate surface area is 99.3 Å². The van der Waals surface area contributed by atoms with Crippen LogP contribution < -0.4 is 0 Å². The van der Waals surface area contributed by atoms with E-state index >= 15 is 0 Å². The van der Waals surface area contributed by atoms with Crippen LogP contribution in [0.1, 0.15) is 52.9 Å². The summed E-state index contributed by atoms with van der Waals surface area (Å²) in [6.45, 7) is 7.08. The number of epoxide rings is 1. The van der Waals surface area contributed by atoms with Gasteiger partial charge in [-0.25, -0.2) is 0 Å². The number of hydrogen-bond donors (Lipinski definition) is 0. The molecule has 4 atom stereocenters. The molecule has 1 heteroatoms. The van der Waals surface area contributed by atoms with Crippen LogP contribution in [0.15, 0.2) is 11.6 Å². The molecule has 1 heterocycles. The average molecular weight is 220 g/mol. The quantitative estimate of drug-likeness (QED) is 0.482. The van der Waals surface area contributed by atoms with Gasteiger partial charge in [0.05, 0.1) is 11.7 Å².